The summed E-state index contributed by atoms with van der Waals surface area (Å²) in [5, 5.41) is 0. The highest BCUT2D eigenvalue weighted by Gasteiger charge is 2.26. The summed E-state index contributed by atoms with van der Waals surface area (Å²) in [4.78, 5) is 13.0. The standard InChI is InChI=1S/C7H14BNOS/c1-2-11-5-6-3-4-7(10)9(6)8/h6H,2-5,8H2,1H3/t6-/m1/s1. The normalized spacial score (nSPS) is 24.6. The molecular weight excluding hydrogens is 157 g/mol. The van der Waals surface area contributed by atoms with Crippen LogP contribution in [0.15, 0.2) is 0 Å². The first kappa shape index (κ1) is 8.98. The van der Waals surface area contributed by atoms with Crippen molar-refractivity contribution in [1.82, 2.24) is 4.81 Å². The minimum Gasteiger partial charge on any atom is -0.390 e. The molecule has 1 atom stereocenters. The van der Waals surface area contributed by atoms with Crippen LogP contribution in [0.3, 0.4) is 0 Å². The molecule has 0 aromatic rings. The second-order valence-electron chi connectivity index (χ2n) is 2.86. The minimum absolute atomic E-state index is 0.312. The fourth-order valence-corrected chi connectivity index (χ4v) is 2.21. The van der Waals surface area contributed by atoms with E-state index in [4.69, 9.17) is 0 Å². The summed E-state index contributed by atoms with van der Waals surface area (Å²) in [7, 11) is 1.91. The molecule has 1 rings (SSSR count). The molecule has 1 saturated heterocycles. The molecule has 1 fully saturated rings. The molecule has 0 aromatic heterocycles. The van der Waals surface area contributed by atoms with Gasteiger partial charge in [0.2, 0.25) is 13.9 Å². The molecule has 0 radical (unpaired) electrons. The molecule has 0 aliphatic carbocycles. The predicted octanol–water partition coefficient (Wildman–Crippen LogP) is 0.279. The number of hydrogen-bond donors (Lipinski definition) is 0. The molecule has 62 valence electrons. The highest BCUT2D eigenvalue weighted by Crippen LogP contribution is 2.19. The highest BCUT2D eigenvalue weighted by molar-refractivity contribution is 7.99. The summed E-state index contributed by atoms with van der Waals surface area (Å²) in [6.45, 7) is 2.15. The van der Waals surface area contributed by atoms with Crippen LogP contribution in [0.5, 0.6) is 0 Å². The zero-order chi connectivity index (χ0) is 8.27. The van der Waals surface area contributed by atoms with Gasteiger partial charge in [0.1, 0.15) is 0 Å². The van der Waals surface area contributed by atoms with Gasteiger partial charge in [0.05, 0.1) is 0 Å². The van der Waals surface area contributed by atoms with Gasteiger partial charge in [-0.3, -0.25) is 4.79 Å². The third-order valence-electron chi connectivity index (χ3n) is 2.15. The summed E-state index contributed by atoms with van der Waals surface area (Å²) in [6, 6.07) is 0.507. The summed E-state index contributed by atoms with van der Waals surface area (Å²) < 4.78 is 0. The van der Waals surface area contributed by atoms with E-state index in [2.05, 4.69) is 6.92 Å². The van der Waals surface area contributed by atoms with Gasteiger partial charge in [0, 0.05) is 18.2 Å². The number of rotatable bonds is 3. The van der Waals surface area contributed by atoms with E-state index in [0.717, 1.165) is 24.3 Å². The zero-order valence-corrected chi connectivity index (χ0v) is 7.99. The number of carbonyl (C=O) groups is 1. The monoisotopic (exact) mass is 171 g/mol. The van der Waals surface area contributed by atoms with E-state index in [0.29, 0.717) is 11.9 Å². The summed E-state index contributed by atoms with van der Waals surface area (Å²) >= 11 is 1.92. The molecule has 1 aliphatic rings. The number of thioether (sulfide) groups is 1. The predicted molar refractivity (Wildman–Crippen MR) is 51.4 cm³/mol. The van der Waals surface area contributed by atoms with Gasteiger partial charge in [0.25, 0.3) is 0 Å². The first-order valence-electron chi connectivity index (χ1n) is 4.09. The lowest BCUT2D eigenvalue weighted by atomic mass is 10.2. The van der Waals surface area contributed by atoms with Crippen molar-refractivity contribution in [2.24, 2.45) is 0 Å². The molecule has 1 amide bonds. The first-order chi connectivity index (χ1) is 5.25. The third-order valence-corrected chi connectivity index (χ3v) is 3.18. The molecule has 0 bridgehead atoms. The Balaban J connectivity index is 2.30. The van der Waals surface area contributed by atoms with Crippen LogP contribution in [0.4, 0.5) is 0 Å². The Morgan fingerprint density at radius 3 is 3.00 bits per heavy atom. The molecule has 2 nitrogen and oxygen atoms in total. The first-order valence-corrected chi connectivity index (χ1v) is 5.24. The SMILES string of the molecule is BN1C(=O)CC[C@@H]1CSCC. The average molecular weight is 171 g/mol. The number of hydrogen-bond acceptors (Lipinski definition) is 2. The molecular formula is C7H14BNOS. The third kappa shape index (κ3) is 2.16. The van der Waals surface area contributed by atoms with Gasteiger partial charge < -0.3 is 4.81 Å². The van der Waals surface area contributed by atoms with E-state index in [-0.39, 0.29) is 0 Å². The lowest BCUT2D eigenvalue weighted by molar-refractivity contribution is -0.124. The quantitative estimate of drug-likeness (QED) is 0.568. The summed E-state index contributed by atoms with van der Waals surface area (Å²) in [5.41, 5.74) is 0. The van der Waals surface area contributed by atoms with E-state index in [9.17, 15) is 4.79 Å². The lowest BCUT2D eigenvalue weighted by Gasteiger charge is -2.19. The minimum atomic E-state index is 0.312. The van der Waals surface area contributed by atoms with Gasteiger partial charge in [-0.1, -0.05) is 6.92 Å². The summed E-state index contributed by atoms with van der Waals surface area (Å²) in [6.07, 6.45) is 1.81. The van der Waals surface area contributed by atoms with Crippen LogP contribution in [0.2, 0.25) is 0 Å². The maximum atomic E-state index is 11.1. The molecule has 0 spiro atoms. The second kappa shape index (κ2) is 4.05. The second-order valence-corrected chi connectivity index (χ2v) is 4.18. The van der Waals surface area contributed by atoms with Crippen LogP contribution < -0.4 is 0 Å². The van der Waals surface area contributed by atoms with Crippen molar-refractivity contribution in [3.8, 4) is 0 Å². The molecule has 1 heterocycles. The van der Waals surface area contributed by atoms with Crippen molar-refractivity contribution < 1.29 is 4.79 Å². The van der Waals surface area contributed by atoms with Gasteiger partial charge in [-0.15, -0.1) is 0 Å². The molecule has 0 aromatic carbocycles. The highest BCUT2D eigenvalue weighted by atomic mass is 32.2. The molecule has 1 aliphatic heterocycles. The van der Waals surface area contributed by atoms with E-state index < -0.39 is 0 Å². The van der Waals surface area contributed by atoms with Crippen LogP contribution >= 0.6 is 11.8 Å². The number of carbonyl (C=O) groups excluding carboxylic acids is 1. The van der Waals surface area contributed by atoms with Crippen LogP contribution in [0, 0.1) is 0 Å². The smallest absolute Gasteiger partial charge is 0.221 e. The van der Waals surface area contributed by atoms with Crippen LogP contribution in [-0.2, 0) is 4.79 Å². The van der Waals surface area contributed by atoms with Crippen molar-refractivity contribution in [2.45, 2.75) is 25.8 Å². The van der Waals surface area contributed by atoms with Gasteiger partial charge in [0.15, 0.2) is 0 Å². The van der Waals surface area contributed by atoms with Crippen LogP contribution in [0.25, 0.3) is 0 Å². The van der Waals surface area contributed by atoms with Crippen LogP contribution in [0.1, 0.15) is 19.8 Å². The van der Waals surface area contributed by atoms with Gasteiger partial charge >= 0.3 is 0 Å². The van der Waals surface area contributed by atoms with Crippen molar-refractivity contribution in [3.05, 3.63) is 0 Å². The van der Waals surface area contributed by atoms with Crippen molar-refractivity contribution in [3.63, 3.8) is 0 Å². The largest absolute Gasteiger partial charge is 0.390 e. The van der Waals surface area contributed by atoms with E-state index >= 15 is 0 Å². The van der Waals surface area contributed by atoms with Crippen molar-refractivity contribution in [2.75, 3.05) is 11.5 Å². The molecule has 0 N–H and O–H groups in total. The van der Waals surface area contributed by atoms with Gasteiger partial charge in [-0.05, 0) is 12.2 Å². The maximum absolute atomic E-state index is 11.1. The zero-order valence-electron chi connectivity index (χ0n) is 7.17. The fourth-order valence-electron chi connectivity index (χ4n) is 1.31. The van der Waals surface area contributed by atoms with E-state index in [1.165, 1.54) is 0 Å². The van der Waals surface area contributed by atoms with Gasteiger partial charge in [-0.25, -0.2) is 0 Å². The average Bonchev–Trinajstić information content (AvgIpc) is 2.31. The maximum Gasteiger partial charge on any atom is 0.221 e. The van der Waals surface area contributed by atoms with Crippen LogP contribution in [-0.4, -0.2) is 36.2 Å². The van der Waals surface area contributed by atoms with Gasteiger partial charge in [-0.2, -0.15) is 11.8 Å². The number of amides is 1. The van der Waals surface area contributed by atoms with E-state index in [1.807, 2.05) is 24.6 Å². The Kier molecular flexibility index (Phi) is 3.30. The molecule has 11 heavy (non-hydrogen) atoms. The Hall–Kier alpha value is -0.115. The van der Waals surface area contributed by atoms with Crippen molar-refractivity contribution in [1.29, 1.82) is 0 Å². The lowest BCUT2D eigenvalue weighted by Crippen LogP contribution is -2.31. The van der Waals surface area contributed by atoms with Crippen molar-refractivity contribution >= 4 is 25.7 Å². The Morgan fingerprint density at radius 1 is 1.82 bits per heavy atom. The topological polar surface area (TPSA) is 20.3 Å². The Labute approximate surface area is 73.1 Å². The Bertz CT molecular complexity index is 153. The fraction of sp³-hybridized carbons (Fsp3) is 0.857. The molecule has 0 saturated carbocycles. The molecule has 0 unspecified atom stereocenters. The summed E-state index contributed by atoms with van der Waals surface area (Å²) in [5.74, 6) is 2.57. The van der Waals surface area contributed by atoms with E-state index in [1.54, 1.807) is 0 Å². The number of nitrogens with zero attached hydrogens (tertiary/aromatic N) is 1. The molecule has 4 heteroatoms. The Morgan fingerprint density at radius 2 is 2.55 bits per heavy atom.